The first-order chi connectivity index (χ1) is 12.7. The van der Waals surface area contributed by atoms with Gasteiger partial charge in [0.05, 0.1) is 23.3 Å². The minimum absolute atomic E-state index is 0.0596. The van der Waals surface area contributed by atoms with Crippen LogP contribution in [0.1, 0.15) is 18.4 Å². The summed E-state index contributed by atoms with van der Waals surface area (Å²) in [5, 5.41) is 7.36. The maximum absolute atomic E-state index is 14.2. The van der Waals surface area contributed by atoms with Gasteiger partial charge < -0.3 is 15.4 Å². The lowest BCUT2D eigenvalue weighted by atomic mass is 10.1. The molecule has 0 bridgehead atoms. The molecular weight excluding hydrogens is 355 g/mol. The molecule has 26 heavy (non-hydrogen) atoms. The Labute approximate surface area is 155 Å². The number of fused-ring (bicyclic) bond motifs is 1. The van der Waals surface area contributed by atoms with Gasteiger partial charge in [-0.25, -0.2) is 14.4 Å². The fraction of sp³-hybridized carbons (Fsp3) is 0.263. The Kier molecular flexibility index (Phi) is 4.61. The van der Waals surface area contributed by atoms with Crippen molar-refractivity contribution in [1.82, 2.24) is 15.3 Å². The summed E-state index contributed by atoms with van der Waals surface area (Å²) in [5.41, 5.74) is 2.00. The molecule has 0 saturated heterocycles. The molecule has 1 aliphatic rings. The molecule has 0 amide bonds. The van der Waals surface area contributed by atoms with Crippen molar-refractivity contribution in [3.63, 3.8) is 0 Å². The smallest absolute Gasteiger partial charge is 0.165 e. The molecule has 1 aromatic heterocycles. The van der Waals surface area contributed by atoms with Crippen LogP contribution in [0.15, 0.2) is 36.7 Å². The zero-order valence-corrected chi connectivity index (χ0v) is 15.0. The van der Waals surface area contributed by atoms with E-state index in [0.717, 1.165) is 22.2 Å². The summed E-state index contributed by atoms with van der Waals surface area (Å²) in [6, 6.07) is 9.25. The van der Waals surface area contributed by atoms with Gasteiger partial charge in [0, 0.05) is 29.6 Å². The van der Waals surface area contributed by atoms with Crippen LogP contribution in [0, 0.1) is 5.82 Å². The molecule has 4 rings (SSSR count). The quantitative estimate of drug-likeness (QED) is 0.670. The molecule has 2 N–H and O–H groups in total. The second-order valence-corrected chi connectivity index (χ2v) is 6.69. The minimum atomic E-state index is -0.509. The van der Waals surface area contributed by atoms with E-state index in [4.69, 9.17) is 16.3 Å². The number of halogens is 2. The van der Waals surface area contributed by atoms with E-state index in [1.165, 1.54) is 25.2 Å². The predicted molar refractivity (Wildman–Crippen MR) is 101 cm³/mol. The van der Waals surface area contributed by atoms with Crippen molar-refractivity contribution < 1.29 is 9.13 Å². The van der Waals surface area contributed by atoms with Gasteiger partial charge >= 0.3 is 0 Å². The molecule has 1 heterocycles. The average Bonchev–Trinajstić information content (AvgIpc) is 3.48. The molecular formula is C19H18ClFN4O. The summed E-state index contributed by atoms with van der Waals surface area (Å²) in [7, 11) is 1.64. The SMILES string of the molecule is COc1cc2ncnc(Nc3cccc(Cl)c3F)c2cc1CNC1CC1. The van der Waals surface area contributed by atoms with E-state index in [9.17, 15) is 4.39 Å². The highest BCUT2D eigenvalue weighted by atomic mass is 35.5. The van der Waals surface area contributed by atoms with Crippen LogP contribution < -0.4 is 15.4 Å². The fourth-order valence-corrected chi connectivity index (χ4v) is 3.00. The normalized spacial score (nSPS) is 13.8. The van der Waals surface area contributed by atoms with Gasteiger partial charge in [0.1, 0.15) is 17.9 Å². The standard InChI is InChI=1S/C19H18ClFN4O/c1-26-17-8-16-13(7-11(17)9-22-12-5-6-12)19(24-10-23-16)25-15-4-2-3-14(20)18(15)21/h2-4,7-8,10,12,22H,5-6,9H2,1H3,(H,23,24,25). The molecule has 0 spiro atoms. The maximum Gasteiger partial charge on any atom is 0.165 e. The molecule has 2 aromatic carbocycles. The number of anilines is 2. The van der Waals surface area contributed by atoms with Crippen LogP contribution in [0.3, 0.4) is 0 Å². The van der Waals surface area contributed by atoms with E-state index >= 15 is 0 Å². The molecule has 1 aliphatic carbocycles. The molecule has 1 fully saturated rings. The molecule has 0 unspecified atom stereocenters. The van der Waals surface area contributed by atoms with Crippen LogP contribution in [-0.4, -0.2) is 23.1 Å². The molecule has 5 nitrogen and oxygen atoms in total. The first-order valence-electron chi connectivity index (χ1n) is 8.41. The van der Waals surface area contributed by atoms with E-state index in [1.807, 2.05) is 12.1 Å². The zero-order valence-electron chi connectivity index (χ0n) is 14.2. The number of rotatable bonds is 6. The van der Waals surface area contributed by atoms with Crippen molar-refractivity contribution >= 4 is 34.0 Å². The van der Waals surface area contributed by atoms with Gasteiger partial charge in [-0.1, -0.05) is 17.7 Å². The second kappa shape index (κ2) is 7.05. The summed E-state index contributed by atoms with van der Waals surface area (Å²) < 4.78 is 19.7. The third-order valence-corrected chi connectivity index (χ3v) is 4.69. The van der Waals surface area contributed by atoms with Crippen LogP contribution in [0.2, 0.25) is 5.02 Å². The summed E-state index contributed by atoms with van der Waals surface area (Å²) in [4.78, 5) is 8.59. The topological polar surface area (TPSA) is 59.1 Å². The molecule has 3 aromatic rings. The number of nitrogens with one attached hydrogen (secondary N) is 2. The van der Waals surface area contributed by atoms with Gasteiger partial charge in [0.2, 0.25) is 0 Å². The van der Waals surface area contributed by atoms with Gasteiger partial charge in [-0.3, -0.25) is 0 Å². The third kappa shape index (κ3) is 3.43. The van der Waals surface area contributed by atoms with Gasteiger partial charge in [-0.05, 0) is 31.0 Å². The average molecular weight is 373 g/mol. The van der Waals surface area contributed by atoms with Crippen molar-refractivity contribution in [3.05, 3.63) is 53.1 Å². The lowest BCUT2D eigenvalue weighted by Crippen LogP contribution is -2.16. The Balaban J connectivity index is 1.74. The van der Waals surface area contributed by atoms with Gasteiger partial charge in [0.25, 0.3) is 0 Å². The van der Waals surface area contributed by atoms with Gasteiger partial charge in [-0.2, -0.15) is 0 Å². The summed E-state index contributed by atoms with van der Waals surface area (Å²) >= 11 is 5.87. The highest BCUT2D eigenvalue weighted by Gasteiger charge is 2.21. The van der Waals surface area contributed by atoms with Crippen LogP contribution >= 0.6 is 11.6 Å². The van der Waals surface area contributed by atoms with Crippen LogP contribution in [0.4, 0.5) is 15.9 Å². The van der Waals surface area contributed by atoms with Crippen LogP contribution in [0.5, 0.6) is 5.75 Å². The van der Waals surface area contributed by atoms with E-state index in [1.54, 1.807) is 19.2 Å². The van der Waals surface area contributed by atoms with E-state index in [-0.39, 0.29) is 10.7 Å². The van der Waals surface area contributed by atoms with Crippen LogP contribution in [0.25, 0.3) is 10.9 Å². The second-order valence-electron chi connectivity index (χ2n) is 6.29. The van der Waals surface area contributed by atoms with Crippen molar-refractivity contribution in [2.45, 2.75) is 25.4 Å². The van der Waals surface area contributed by atoms with Crippen LogP contribution in [-0.2, 0) is 6.54 Å². The summed E-state index contributed by atoms with van der Waals surface area (Å²) in [6.45, 7) is 0.698. The Morgan fingerprint density at radius 3 is 2.88 bits per heavy atom. The van der Waals surface area contributed by atoms with Crippen molar-refractivity contribution in [2.24, 2.45) is 0 Å². The van der Waals surface area contributed by atoms with Crippen molar-refractivity contribution in [1.29, 1.82) is 0 Å². The summed E-state index contributed by atoms with van der Waals surface area (Å²) in [6.07, 6.45) is 3.86. The van der Waals surface area contributed by atoms with Gasteiger partial charge in [0.15, 0.2) is 5.82 Å². The number of benzene rings is 2. The molecule has 1 saturated carbocycles. The number of ether oxygens (including phenoxy) is 1. The first-order valence-corrected chi connectivity index (χ1v) is 8.79. The third-order valence-electron chi connectivity index (χ3n) is 4.40. The zero-order chi connectivity index (χ0) is 18.1. The van der Waals surface area contributed by atoms with Gasteiger partial charge in [-0.15, -0.1) is 0 Å². The monoisotopic (exact) mass is 372 g/mol. The van der Waals surface area contributed by atoms with E-state index in [0.29, 0.717) is 18.4 Å². The Morgan fingerprint density at radius 2 is 2.12 bits per heavy atom. The first kappa shape index (κ1) is 17.0. The Hall–Kier alpha value is -2.44. The molecule has 0 radical (unpaired) electrons. The molecule has 134 valence electrons. The van der Waals surface area contributed by atoms with Crippen molar-refractivity contribution in [2.75, 3.05) is 12.4 Å². The largest absolute Gasteiger partial charge is 0.496 e. The number of hydrogen-bond donors (Lipinski definition) is 2. The fourth-order valence-electron chi connectivity index (χ4n) is 2.83. The molecule has 7 heteroatoms. The highest BCUT2D eigenvalue weighted by molar-refractivity contribution is 6.31. The number of aromatic nitrogens is 2. The number of nitrogens with zero attached hydrogens (tertiary/aromatic N) is 2. The molecule has 0 aliphatic heterocycles. The highest BCUT2D eigenvalue weighted by Crippen LogP contribution is 2.32. The lowest BCUT2D eigenvalue weighted by molar-refractivity contribution is 0.408. The van der Waals surface area contributed by atoms with Crippen molar-refractivity contribution in [3.8, 4) is 5.75 Å². The summed E-state index contributed by atoms with van der Waals surface area (Å²) in [5.74, 6) is 0.779. The number of hydrogen-bond acceptors (Lipinski definition) is 5. The Bertz CT molecular complexity index is 962. The molecule has 0 atom stereocenters. The predicted octanol–water partition coefficient (Wildman–Crippen LogP) is 4.43. The van der Waals surface area contributed by atoms with E-state index in [2.05, 4.69) is 20.6 Å². The maximum atomic E-state index is 14.2. The minimum Gasteiger partial charge on any atom is -0.496 e. The Morgan fingerprint density at radius 1 is 1.27 bits per heavy atom. The van der Waals surface area contributed by atoms with E-state index < -0.39 is 5.82 Å². The number of methoxy groups -OCH3 is 1. The lowest BCUT2D eigenvalue weighted by Gasteiger charge is -2.14.